The van der Waals surface area contributed by atoms with Crippen molar-refractivity contribution in [1.82, 2.24) is 4.90 Å². The minimum atomic E-state index is -0.573. The van der Waals surface area contributed by atoms with Gasteiger partial charge in [-0.1, -0.05) is 48.5 Å². The Morgan fingerprint density at radius 2 is 1.67 bits per heavy atom. The summed E-state index contributed by atoms with van der Waals surface area (Å²) in [7, 11) is 1.75. The van der Waals surface area contributed by atoms with Crippen molar-refractivity contribution in [3.8, 4) is 0 Å². The third kappa shape index (κ3) is 9.12. The molecule has 4 atom stereocenters. The predicted octanol–water partition coefficient (Wildman–Crippen LogP) is 5.16. The fourth-order valence-electron chi connectivity index (χ4n) is 5.99. The third-order valence-corrected chi connectivity index (χ3v) is 8.42. The lowest BCUT2D eigenvalue weighted by atomic mass is 9.99. The first kappa shape index (κ1) is 32.6. The molecule has 0 aromatic heterocycles. The molecule has 2 saturated heterocycles. The molecule has 5 rings (SSSR count). The molecule has 45 heavy (non-hydrogen) atoms. The Balaban J connectivity index is 1.17. The lowest BCUT2D eigenvalue weighted by molar-refractivity contribution is -0.253. The number of anilines is 3. The Kier molecular flexibility index (Phi) is 11.6. The summed E-state index contributed by atoms with van der Waals surface area (Å²) in [5.74, 6) is -0.347. The summed E-state index contributed by atoms with van der Waals surface area (Å²) in [5, 5.41) is 15.2. The third-order valence-electron chi connectivity index (χ3n) is 8.42. The number of benzene rings is 3. The van der Waals surface area contributed by atoms with Crippen LogP contribution in [0.2, 0.25) is 0 Å². The molecule has 5 N–H and O–H groups in total. The van der Waals surface area contributed by atoms with E-state index in [4.69, 9.17) is 19.9 Å². The Bertz CT molecular complexity index is 1400. The highest BCUT2D eigenvalue weighted by atomic mass is 16.7. The van der Waals surface area contributed by atoms with E-state index in [-0.39, 0.29) is 43.5 Å². The van der Waals surface area contributed by atoms with E-state index in [9.17, 15) is 14.7 Å². The van der Waals surface area contributed by atoms with E-state index in [0.717, 1.165) is 49.0 Å². The van der Waals surface area contributed by atoms with Crippen molar-refractivity contribution < 1.29 is 28.9 Å². The molecule has 2 fully saturated rings. The van der Waals surface area contributed by atoms with E-state index in [1.807, 2.05) is 48.5 Å². The number of methoxy groups -OCH3 is 1. The monoisotopic (exact) mass is 616 g/mol. The first-order valence-electron chi connectivity index (χ1n) is 15.7. The van der Waals surface area contributed by atoms with Crippen LogP contribution in [0.4, 0.5) is 17.1 Å². The molecule has 0 aliphatic carbocycles. The normalized spacial score (nSPS) is 21.8. The number of nitrogen functional groups attached to an aromatic ring is 1. The van der Waals surface area contributed by atoms with E-state index in [0.29, 0.717) is 36.1 Å². The van der Waals surface area contributed by atoms with Gasteiger partial charge in [-0.25, -0.2) is 0 Å². The van der Waals surface area contributed by atoms with Crippen molar-refractivity contribution in [2.45, 2.75) is 69.7 Å². The van der Waals surface area contributed by atoms with Crippen LogP contribution < -0.4 is 16.4 Å². The lowest BCUT2D eigenvalue weighted by Crippen LogP contribution is -2.42. The first-order valence-corrected chi connectivity index (χ1v) is 15.7. The molecule has 0 bridgehead atoms. The fourth-order valence-corrected chi connectivity index (χ4v) is 5.99. The number of hydrogen-bond acceptors (Lipinski definition) is 8. The second kappa shape index (κ2) is 16.0. The van der Waals surface area contributed by atoms with Gasteiger partial charge < -0.3 is 35.7 Å². The molecule has 10 nitrogen and oxygen atoms in total. The second-order valence-corrected chi connectivity index (χ2v) is 11.8. The molecule has 3 aromatic rings. The van der Waals surface area contributed by atoms with Crippen molar-refractivity contribution in [1.29, 1.82) is 0 Å². The Labute approximate surface area is 264 Å². The molecule has 10 heteroatoms. The Hall–Kier alpha value is -3.80. The van der Waals surface area contributed by atoms with Crippen LogP contribution in [-0.4, -0.2) is 60.8 Å². The van der Waals surface area contributed by atoms with Crippen LogP contribution in [0.25, 0.3) is 0 Å². The van der Waals surface area contributed by atoms with Gasteiger partial charge in [0.2, 0.25) is 11.8 Å². The zero-order valence-electron chi connectivity index (χ0n) is 25.8. The molecular weight excluding hydrogens is 572 g/mol. The number of likely N-dealkylation sites (tertiary alicyclic amines) is 1. The van der Waals surface area contributed by atoms with E-state index >= 15 is 0 Å². The molecule has 2 heterocycles. The zero-order chi connectivity index (χ0) is 31.6. The Morgan fingerprint density at radius 1 is 0.956 bits per heavy atom. The fraction of sp³-hybridized carbons (Fsp3) is 0.429. The van der Waals surface area contributed by atoms with Crippen molar-refractivity contribution in [3.05, 3.63) is 89.5 Å². The molecule has 0 spiro atoms. The summed E-state index contributed by atoms with van der Waals surface area (Å²) in [6.45, 7) is 2.53. The molecule has 4 unspecified atom stereocenters. The highest BCUT2D eigenvalue weighted by molar-refractivity contribution is 5.94. The largest absolute Gasteiger partial charge is 0.397 e. The molecule has 3 aromatic carbocycles. The summed E-state index contributed by atoms with van der Waals surface area (Å²) in [5.41, 5.74) is 10.4. The van der Waals surface area contributed by atoms with Gasteiger partial charge in [0.1, 0.15) is 0 Å². The minimum Gasteiger partial charge on any atom is -0.397 e. The number of aliphatic hydroxyl groups is 1. The minimum absolute atomic E-state index is 0.00194. The van der Waals surface area contributed by atoms with Gasteiger partial charge >= 0.3 is 0 Å². The highest BCUT2D eigenvalue weighted by Gasteiger charge is 2.35. The SMILES string of the molecule is COCC1CCCN1CC1CC(c2ccc(CO)cc2)OC(c2ccc(NC(=O)CCCC(=O)Nc3ccccc3N)cc2)O1. The number of nitrogens with zero attached hydrogens (tertiary/aromatic N) is 1. The topological polar surface area (TPSA) is 135 Å². The molecule has 2 aliphatic rings. The smallest absolute Gasteiger partial charge is 0.224 e. The summed E-state index contributed by atoms with van der Waals surface area (Å²) in [6, 6.07) is 22.9. The van der Waals surface area contributed by atoms with E-state index in [1.165, 1.54) is 0 Å². The van der Waals surface area contributed by atoms with Crippen LogP contribution in [0.15, 0.2) is 72.8 Å². The van der Waals surface area contributed by atoms with Crippen molar-refractivity contribution in [2.75, 3.05) is 43.2 Å². The van der Waals surface area contributed by atoms with Gasteiger partial charge in [0.05, 0.1) is 36.8 Å². The number of carbonyl (C=O) groups excluding carboxylic acids is 2. The number of nitrogens with one attached hydrogen (secondary N) is 2. The van der Waals surface area contributed by atoms with E-state index < -0.39 is 6.29 Å². The molecule has 2 aliphatic heterocycles. The average Bonchev–Trinajstić information content (AvgIpc) is 3.48. The van der Waals surface area contributed by atoms with Gasteiger partial charge in [-0.3, -0.25) is 14.5 Å². The second-order valence-electron chi connectivity index (χ2n) is 11.8. The van der Waals surface area contributed by atoms with Crippen molar-refractivity contribution >= 4 is 28.9 Å². The van der Waals surface area contributed by atoms with Gasteiger partial charge in [-0.15, -0.1) is 0 Å². The van der Waals surface area contributed by atoms with Gasteiger partial charge in [-0.2, -0.15) is 0 Å². The number of nitrogens with two attached hydrogens (primary N) is 1. The molecular formula is C35H44N4O6. The highest BCUT2D eigenvalue weighted by Crippen LogP contribution is 2.39. The van der Waals surface area contributed by atoms with E-state index in [1.54, 1.807) is 31.4 Å². The zero-order valence-corrected chi connectivity index (χ0v) is 25.8. The van der Waals surface area contributed by atoms with E-state index in [2.05, 4.69) is 15.5 Å². The van der Waals surface area contributed by atoms with Gasteiger partial charge in [0.25, 0.3) is 0 Å². The van der Waals surface area contributed by atoms with Crippen LogP contribution in [0.5, 0.6) is 0 Å². The average molecular weight is 617 g/mol. The van der Waals surface area contributed by atoms with Crippen molar-refractivity contribution in [2.24, 2.45) is 0 Å². The number of carbonyl (C=O) groups is 2. The number of amides is 2. The molecule has 0 saturated carbocycles. The van der Waals surface area contributed by atoms with Crippen LogP contribution in [0, 0.1) is 0 Å². The van der Waals surface area contributed by atoms with Crippen LogP contribution in [-0.2, 0) is 30.4 Å². The van der Waals surface area contributed by atoms with Crippen molar-refractivity contribution in [3.63, 3.8) is 0 Å². The molecule has 2 amide bonds. The van der Waals surface area contributed by atoms with Gasteiger partial charge in [0, 0.05) is 50.2 Å². The molecule has 0 radical (unpaired) electrons. The number of ether oxygens (including phenoxy) is 3. The van der Waals surface area contributed by atoms with Gasteiger partial charge in [0.15, 0.2) is 6.29 Å². The maximum Gasteiger partial charge on any atom is 0.224 e. The number of hydrogen-bond donors (Lipinski definition) is 4. The summed E-state index contributed by atoms with van der Waals surface area (Å²) in [6.07, 6.45) is 3.05. The maximum atomic E-state index is 12.6. The number of rotatable bonds is 13. The summed E-state index contributed by atoms with van der Waals surface area (Å²) >= 11 is 0. The van der Waals surface area contributed by atoms with Crippen LogP contribution in [0.1, 0.15) is 67.6 Å². The molecule has 240 valence electrons. The Morgan fingerprint density at radius 3 is 2.38 bits per heavy atom. The number of para-hydroxylation sites is 2. The standard InChI is InChI=1S/C35H44N4O6/c1-43-23-28-6-5-19-39(28)21-29-20-32(25-13-11-24(22-40)12-14-25)45-35(44-29)26-15-17-27(18-16-26)37-33(41)9-4-10-34(42)38-31-8-3-2-7-30(31)36/h2-3,7-8,11-18,28-29,32,35,40H,4-6,9-10,19-23,36H2,1H3,(H,37,41)(H,38,42). The van der Waals surface area contributed by atoms with Crippen LogP contribution >= 0.6 is 0 Å². The van der Waals surface area contributed by atoms with Gasteiger partial charge in [-0.05, 0) is 61.2 Å². The number of aliphatic hydroxyl groups excluding tert-OH is 1. The first-order chi connectivity index (χ1) is 21.9. The van der Waals surface area contributed by atoms with Crippen LogP contribution in [0.3, 0.4) is 0 Å². The quantitative estimate of drug-likeness (QED) is 0.193. The summed E-state index contributed by atoms with van der Waals surface area (Å²) < 4.78 is 18.5. The lowest BCUT2D eigenvalue weighted by Gasteiger charge is -2.38. The summed E-state index contributed by atoms with van der Waals surface area (Å²) in [4.78, 5) is 27.3. The predicted molar refractivity (Wildman–Crippen MR) is 173 cm³/mol. The maximum absolute atomic E-state index is 12.6.